The van der Waals surface area contributed by atoms with E-state index in [1.807, 2.05) is 18.2 Å². The Balaban J connectivity index is 2.00. The summed E-state index contributed by atoms with van der Waals surface area (Å²) in [6.45, 7) is 0. The summed E-state index contributed by atoms with van der Waals surface area (Å²) in [4.78, 5) is 0. The SMILES string of the molecule is COc1cc(/C=C/c2cc3ccccc3n2C)cc(OC)c1OC. The third kappa shape index (κ3) is 2.83. The van der Waals surface area contributed by atoms with Gasteiger partial charge in [0.1, 0.15) is 0 Å². The number of methoxy groups -OCH3 is 3. The molecule has 0 fully saturated rings. The van der Waals surface area contributed by atoms with Gasteiger partial charge >= 0.3 is 0 Å². The number of nitrogens with zero attached hydrogens (tertiary/aromatic N) is 1. The van der Waals surface area contributed by atoms with Gasteiger partial charge in [0.05, 0.1) is 21.3 Å². The zero-order chi connectivity index (χ0) is 17.1. The summed E-state index contributed by atoms with van der Waals surface area (Å²) in [7, 11) is 6.91. The first-order valence-electron chi connectivity index (χ1n) is 7.70. The van der Waals surface area contributed by atoms with Crippen molar-refractivity contribution in [2.24, 2.45) is 7.05 Å². The lowest BCUT2D eigenvalue weighted by atomic mass is 10.1. The average molecular weight is 323 g/mol. The lowest BCUT2D eigenvalue weighted by Crippen LogP contribution is -1.95. The largest absolute Gasteiger partial charge is 0.493 e. The van der Waals surface area contributed by atoms with E-state index in [9.17, 15) is 0 Å². The van der Waals surface area contributed by atoms with Crippen molar-refractivity contribution < 1.29 is 14.2 Å². The molecule has 0 amide bonds. The molecule has 0 spiro atoms. The molecule has 0 saturated heterocycles. The monoisotopic (exact) mass is 323 g/mol. The van der Waals surface area contributed by atoms with E-state index in [2.05, 4.69) is 48.0 Å². The summed E-state index contributed by atoms with van der Waals surface area (Å²) in [5.74, 6) is 1.89. The summed E-state index contributed by atoms with van der Waals surface area (Å²) in [6, 6.07) is 14.4. The molecule has 0 saturated carbocycles. The molecule has 2 aromatic carbocycles. The van der Waals surface area contributed by atoms with Crippen molar-refractivity contribution in [1.82, 2.24) is 4.57 Å². The van der Waals surface area contributed by atoms with Gasteiger partial charge in [-0.1, -0.05) is 24.3 Å². The average Bonchev–Trinajstić information content (AvgIpc) is 2.95. The molecule has 3 aromatic rings. The molecule has 0 bridgehead atoms. The first-order chi connectivity index (χ1) is 11.7. The first kappa shape index (κ1) is 16.0. The van der Waals surface area contributed by atoms with Crippen LogP contribution in [0.15, 0.2) is 42.5 Å². The molecule has 1 heterocycles. The minimum atomic E-state index is 0.599. The second kappa shape index (κ2) is 6.71. The van der Waals surface area contributed by atoms with E-state index >= 15 is 0 Å². The number of hydrogen-bond acceptors (Lipinski definition) is 3. The molecular formula is C20H21NO3. The van der Waals surface area contributed by atoms with Crippen molar-refractivity contribution in [3.8, 4) is 17.2 Å². The maximum Gasteiger partial charge on any atom is 0.203 e. The molecule has 0 atom stereocenters. The fraction of sp³-hybridized carbons (Fsp3) is 0.200. The Morgan fingerprint density at radius 1 is 0.833 bits per heavy atom. The molecule has 4 heteroatoms. The Morgan fingerprint density at radius 3 is 2.08 bits per heavy atom. The number of benzene rings is 2. The zero-order valence-electron chi connectivity index (χ0n) is 14.4. The lowest BCUT2D eigenvalue weighted by molar-refractivity contribution is 0.324. The highest BCUT2D eigenvalue weighted by molar-refractivity contribution is 5.85. The van der Waals surface area contributed by atoms with Crippen LogP contribution in [0.1, 0.15) is 11.3 Å². The van der Waals surface area contributed by atoms with Gasteiger partial charge in [0, 0.05) is 23.6 Å². The van der Waals surface area contributed by atoms with Crippen molar-refractivity contribution in [2.45, 2.75) is 0 Å². The van der Waals surface area contributed by atoms with Crippen LogP contribution < -0.4 is 14.2 Å². The number of ether oxygens (including phenoxy) is 3. The molecule has 0 radical (unpaired) electrons. The molecule has 3 rings (SSSR count). The highest BCUT2D eigenvalue weighted by atomic mass is 16.5. The van der Waals surface area contributed by atoms with Gasteiger partial charge in [-0.05, 0) is 35.9 Å². The van der Waals surface area contributed by atoms with Crippen molar-refractivity contribution >= 4 is 23.1 Å². The van der Waals surface area contributed by atoms with Crippen LogP contribution in [0.3, 0.4) is 0 Å². The van der Waals surface area contributed by atoms with E-state index in [4.69, 9.17) is 14.2 Å². The molecule has 24 heavy (non-hydrogen) atoms. The van der Waals surface area contributed by atoms with E-state index in [1.165, 1.54) is 10.9 Å². The maximum absolute atomic E-state index is 5.40. The van der Waals surface area contributed by atoms with Crippen LogP contribution in [-0.4, -0.2) is 25.9 Å². The minimum Gasteiger partial charge on any atom is -0.493 e. The van der Waals surface area contributed by atoms with Gasteiger partial charge in [-0.15, -0.1) is 0 Å². The number of aromatic nitrogens is 1. The van der Waals surface area contributed by atoms with E-state index in [0.717, 1.165) is 11.3 Å². The van der Waals surface area contributed by atoms with Crippen LogP contribution in [0.5, 0.6) is 17.2 Å². The fourth-order valence-electron chi connectivity index (χ4n) is 2.85. The quantitative estimate of drug-likeness (QED) is 0.699. The Kier molecular flexibility index (Phi) is 4.47. The van der Waals surface area contributed by atoms with Crippen molar-refractivity contribution in [3.63, 3.8) is 0 Å². The van der Waals surface area contributed by atoms with Gasteiger partial charge in [0.25, 0.3) is 0 Å². The Morgan fingerprint density at radius 2 is 1.50 bits per heavy atom. The van der Waals surface area contributed by atoms with Crippen LogP contribution in [-0.2, 0) is 7.05 Å². The van der Waals surface area contributed by atoms with E-state index in [1.54, 1.807) is 21.3 Å². The number of rotatable bonds is 5. The second-order valence-corrected chi connectivity index (χ2v) is 5.48. The molecule has 0 unspecified atom stereocenters. The minimum absolute atomic E-state index is 0.599. The predicted molar refractivity (Wildman–Crippen MR) is 97.9 cm³/mol. The highest BCUT2D eigenvalue weighted by Crippen LogP contribution is 2.38. The Bertz CT molecular complexity index is 868. The normalized spacial score (nSPS) is 11.2. The van der Waals surface area contributed by atoms with E-state index in [-0.39, 0.29) is 0 Å². The Labute approximate surface area is 141 Å². The van der Waals surface area contributed by atoms with Crippen molar-refractivity contribution in [3.05, 3.63) is 53.7 Å². The fourth-order valence-corrected chi connectivity index (χ4v) is 2.85. The van der Waals surface area contributed by atoms with Gasteiger partial charge in [-0.3, -0.25) is 0 Å². The summed E-state index contributed by atoms with van der Waals surface area (Å²) in [5.41, 5.74) is 3.32. The van der Waals surface area contributed by atoms with Crippen molar-refractivity contribution in [1.29, 1.82) is 0 Å². The van der Waals surface area contributed by atoms with Gasteiger partial charge in [0.2, 0.25) is 5.75 Å². The van der Waals surface area contributed by atoms with Gasteiger partial charge in [-0.2, -0.15) is 0 Å². The van der Waals surface area contributed by atoms with Crippen LogP contribution in [0.25, 0.3) is 23.1 Å². The lowest BCUT2D eigenvalue weighted by Gasteiger charge is -2.12. The predicted octanol–water partition coefficient (Wildman–Crippen LogP) is 4.37. The molecular weight excluding hydrogens is 302 g/mol. The Hall–Kier alpha value is -2.88. The molecule has 0 N–H and O–H groups in total. The molecule has 0 aliphatic carbocycles. The smallest absolute Gasteiger partial charge is 0.203 e. The summed E-state index contributed by atoms with van der Waals surface area (Å²) in [5, 5.41) is 1.23. The third-order valence-corrected chi connectivity index (χ3v) is 4.12. The first-order valence-corrected chi connectivity index (χ1v) is 7.70. The van der Waals surface area contributed by atoms with Gasteiger partial charge in [-0.25, -0.2) is 0 Å². The highest BCUT2D eigenvalue weighted by Gasteiger charge is 2.12. The summed E-state index contributed by atoms with van der Waals surface area (Å²) >= 11 is 0. The maximum atomic E-state index is 5.40. The molecule has 0 aliphatic heterocycles. The second-order valence-electron chi connectivity index (χ2n) is 5.48. The molecule has 1 aromatic heterocycles. The van der Waals surface area contributed by atoms with Gasteiger partial charge in [0.15, 0.2) is 11.5 Å². The number of para-hydroxylation sites is 1. The topological polar surface area (TPSA) is 32.6 Å². The number of aryl methyl sites for hydroxylation is 1. The summed E-state index contributed by atoms with van der Waals surface area (Å²) in [6.07, 6.45) is 4.12. The van der Waals surface area contributed by atoms with Crippen LogP contribution in [0.2, 0.25) is 0 Å². The zero-order valence-corrected chi connectivity index (χ0v) is 14.4. The van der Waals surface area contributed by atoms with Crippen molar-refractivity contribution in [2.75, 3.05) is 21.3 Å². The molecule has 0 aliphatic rings. The number of fused-ring (bicyclic) bond motifs is 1. The van der Waals surface area contributed by atoms with Crippen LogP contribution in [0.4, 0.5) is 0 Å². The van der Waals surface area contributed by atoms with E-state index in [0.29, 0.717) is 17.2 Å². The molecule has 4 nitrogen and oxygen atoms in total. The van der Waals surface area contributed by atoms with Crippen LogP contribution in [0, 0.1) is 0 Å². The summed E-state index contributed by atoms with van der Waals surface area (Å²) < 4.78 is 18.3. The molecule has 124 valence electrons. The van der Waals surface area contributed by atoms with E-state index < -0.39 is 0 Å². The van der Waals surface area contributed by atoms with Crippen LogP contribution >= 0.6 is 0 Å². The number of hydrogen-bond donors (Lipinski definition) is 0. The third-order valence-electron chi connectivity index (χ3n) is 4.12. The standard InChI is InChI=1S/C20H21NO3/c1-21-16(13-15-7-5-6-8-17(15)21)10-9-14-11-18(22-2)20(24-4)19(12-14)23-3/h5-13H,1-4H3/b10-9+. The van der Waals surface area contributed by atoms with Gasteiger partial charge < -0.3 is 18.8 Å².